The summed E-state index contributed by atoms with van der Waals surface area (Å²) in [5.41, 5.74) is 0.887. The van der Waals surface area contributed by atoms with Gasteiger partial charge in [-0.15, -0.1) is 5.10 Å². The second-order valence-electron chi connectivity index (χ2n) is 5.35. The molecule has 0 unspecified atom stereocenters. The first-order valence-corrected chi connectivity index (χ1v) is 5.87. The summed E-state index contributed by atoms with van der Waals surface area (Å²) in [6.07, 6.45) is 1.36. The zero-order valence-corrected chi connectivity index (χ0v) is 11.3. The van der Waals surface area contributed by atoms with Gasteiger partial charge in [0, 0.05) is 5.41 Å². The molecule has 0 amide bonds. The van der Waals surface area contributed by atoms with Crippen LogP contribution in [0.15, 0.2) is 10.8 Å². The predicted molar refractivity (Wildman–Crippen MR) is 66.0 cm³/mol. The minimum Gasteiger partial charge on any atom is -0.476 e. The van der Waals surface area contributed by atoms with E-state index in [4.69, 9.17) is 4.42 Å². The molecule has 0 aliphatic carbocycles. The Balaban J connectivity index is 2.47. The highest BCUT2D eigenvalue weighted by Gasteiger charge is 2.29. The molecule has 2 aromatic heterocycles. The fourth-order valence-corrected chi connectivity index (χ4v) is 1.93. The van der Waals surface area contributed by atoms with Crippen LogP contribution in [0.3, 0.4) is 0 Å². The van der Waals surface area contributed by atoms with Crippen LogP contribution in [0.1, 0.15) is 48.4 Å². The van der Waals surface area contributed by atoms with E-state index in [2.05, 4.69) is 15.3 Å². The van der Waals surface area contributed by atoms with Crippen molar-refractivity contribution < 1.29 is 14.3 Å². The van der Waals surface area contributed by atoms with E-state index < -0.39 is 5.97 Å². The van der Waals surface area contributed by atoms with E-state index >= 15 is 0 Å². The fourth-order valence-electron chi connectivity index (χ4n) is 1.93. The van der Waals surface area contributed by atoms with Crippen molar-refractivity contribution in [2.24, 2.45) is 0 Å². The van der Waals surface area contributed by atoms with Gasteiger partial charge >= 0.3 is 5.97 Å². The third kappa shape index (κ3) is 2.49. The zero-order chi connectivity index (χ0) is 14.2. The molecular weight excluding hydrogens is 248 g/mol. The molecule has 0 aromatic carbocycles. The highest BCUT2D eigenvalue weighted by molar-refractivity contribution is 5.86. The Hall–Kier alpha value is -2.18. The van der Waals surface area contributed by atoms with Crippen molar-refractivity contribution in [3.63, 3.8) is 0 Å². The summed E-state index contributed by atoms with van der Waals surface area (Å²) in [4.78, 5) is 15.3. The maximum Gasteiger partial charge on any atom is 0.358 e. The van der Waals surface area contributed by atoms with E-state index in [1.54, 1.807) is 11.6 Å². The molecule has 7 nitrogen and oxygen atoms in total. The molecule has 19 heavy (non-hydrogen) atoms. The van der Waals surface area contributed by atoms with Gasteiger partial charge in [0.15, 0.2) is 12.1 Å². The standard InChI is InChI=1S/C12H16N4O3/c1-7-8(13-6-19-7)5-16-10(12(2,3)4)9(11(17)18)14-15-16/h6H,5H2,1-4H3,(H,17,18). The summed E-state index contributed by atoms with van der Waals surface area (Å²) in [5.74, 6) is -0.389. The topological polar surface area (TPSA) is 94.0 Å². The molecule has 2 aromatic rings. The summed E-state index contributed by atoms with van der Waals surface area (Å²) in [6.45, 7) is 7.90. The smallest absolute Gasteiger partial charge is 0.358 e. The lowest BCUT2D eigenvalue weighted by molar-refractivity contribution is 0.0687. The van der Waals surface area contributed by atoms with Crippen LogP contribution in [0.5, 0.6) is 0 Å². The average Bonchev–Trinajstić information content (AvgIpc) is 2.85. The van der Waals surface area contributed by atoms with Gasteiger partial charge in [-0.3, -0.25) is 0 Å². The number of carboxylic acid groups (broad SMARTS) is 1. The Kier molecular flexibility index (Phi) is 3.13. The molecule has 0 aliphatic heterocycles. The van der Waals surface area contributed by atoms with Crippen molar-refractivity contribution in [1.82, 2.24) is 20.0 Å². The number of rotatable bonds is 3. The summed E-state index contributed by atoms with van der Waals surface area (Å²) in [6, 6.07) is 0. The molecule has 0 fully saturated rings. The first-order chi connectivity index (χ1) is 8.80. The van der Waals surface area contributed by atoms with Crippen LogP contribution >= 0.6 is 0 Å². The third-order valence-corrected chi connectivity index (χ3v) is 2.79. The van der Waals surface area contributed by atoms with Crippen LogP contribution in [-0.4, -0.2) is 31.1 Å². The van der Waals surface area contributed by atoms with E-state index in [-0.39, 0.29) is 11.1 Å². The Morgan fingerprint density at radius 3 is 2.63 bits per heavy atom. The van der Waals surface area contributed by atoms with Gasteiger partial charge in [0.1, 0.15) is 11.5 Å². The maximum absolute atomic E-state index is 11.2. The summed E-state index contributed by atoms with van der Waals surface area (Å²) < 4.78 is 6.69. The fraction of sp³-hybridized carbons (Fsp3) is 0.500. The molecule has 2 rings (SSSR count). The quantitative estimate of drug-likeness (QED) is 0.905. The maximum atomic E-state index is 11.2. The Labute approximate surface area is 110 Å². The van der Waals surface area contributed by atoms with Gasteiger partial charge in [0.25, 0.3) is 0 Å². The van der Waals surface area contributed by atoms with E-state index in [0.717, 1.165) is 0 Å². The Morgan fingerprint density at radius 2 is 2.16 bits per heavy atom. The molecule has 0 saturated heterocycles. The third-order valence-electron chi connectivity index (χ3n) is 2.79. The van der Waals surface area contributed by atoms with Gasteiger partial charge in [-0.05, 0) is 6.92 Å². The average molecular weight is 264 g/mol. The van der Waals surface area contributed by atoms with E-state index in [9.17, 15) is 9.90 Å². The predicted octanol–water partition coefficient (Wildman–Crippen LogP) is 1.62. The van der Waals surface area contributed by atoms with Crippen LogP contribution in [0.25, 0.3) is 0 Å². The van der Waals surface area contributed by atoms with Crippen molar-refractivity contribution in [3.05, 3.63) is 29.2 Å². The lowest BCUT2D eigenvalue weighted by atomic mass is 9.90. The SMILES string of the molecule is Cc1ocnc1Cn1nnc(C(=O)O)c1C(C)(C)C. The van der Waals surface area contributed by atoms with Crippen LogP contribution in [0, 0.1) is 6.92 Å². The van der Waals surface area contributed by atoms with Gasteiger partial charge in [-0.2, -0.15) is 0 Å². The van der Waals surface area contributed by atoms with Crippen LogP contribution in [0.2, 0.25) is 0 Å². The van der Waals surface area contributed by atoms with Crippen molar-refractivity contribution in [2.45, 2.75) is 39.7 Å². The second-order valence-corrected chi connectivity index (χ2v) is 5.35. The molecular formula is C12H16N4O3. The first-order valence-electron chi connectivity index (χ1n) is 5.87. The van der Waals surface area contributed by atoms with Gasteiger partial charge in [0.05, 0.1) is 12.2 Å². The summed E-state index contributed by atoms with van der Waals surface area (Å²) in [5, 5.41) is 16.8. The van der Waals surface area contributed by atoms with Crippen LogP contribution in [-0.2, 0) is 12.0 Å². The molecule has 2 heterocycles. The number of nitrogens with zero attached hydrogens (tertiary/aromatic N) is 4. The molecule has 102 valence electrons. The van der Waals surface area contributed by atoms with Crippen LogP contribution < -0.4 is 0 Å². The number of carbonyl (C=O) groups is 1. The lowest BCUT2D eigenvalue weighted by Crippen LogP contribution is -2.22. The first kappa shape index (κ1) is 13.3. The summed E-state index contributed by atoms with van der Waals surface area (Å²) >= 11 is 0. The van der Waals surface area contributed by atoms with Crippen molar-refractivity contribution in [1.29, 1.82) is 0 Å². The number of aromatic nitrogens is 4. The Bertz CT molecular complexity index is 607. The number of aryl methyl sites for hydroxylation is 1. The minimum atomic E-state index is -1.08. The number of aromatic carboxylic acids is 1. The van der Waals surface area contributed by atoms with Crippen LogP contribution in [0.4, 0.5) is 0 Å². The molecule has 0 saturated carbocycles. The molecule has 1 N–H and O–H groups in total. The lowest BCUT2D eigenvalue weighted by Gasteiger charge is -2.20. The zero-order valence-electron chi connectivity index (χ0n) is 11.3. The monoisotopic (exact) mass is 264 g/mol. The molecule has 0 atom stereocenters. The van der Waals surface area contributed by atoms with Crippen molar-refractivity contribution >= 4 is 5.97 Å². The number of hydrogen-bond acceptors (Lipinski definition) is 5. The normalized spacial score (nSPS) is 11.8. The van der Waals surface area contributed by atoms with E-state index in [1.165, 1.54) is 6.39 Å². The summed E-state index contributed by atoms with van der Waals surface area (Å²) in [7, 11) is 0. The van der Waals surface area contributed by atoms with Crippen molar-refractivity contribution in [3.8, 4) is 0 Å². The van der Waals surface area contributed by atoms with E-state index in [0.29, 0.717) is 23.7 Å². The molecule has 0 spiro atoms. The Morgan fingerprint density at radius 1 is 1.47 bits per heavy atom. The number of carboxylic acids is 1. The molecule has 7 heteroatoms. The minimum absolute atomic E-state index is 0.0198. The second kappa shape index (κ2) is 4.49. The molecule has 0 aliphatic rings. The van der Waals surface area contributed by atoms with Gasteiger partial charge in [-0.1, -0.05) is 26.0 Å². The highest BCUT2D eigenvalue weighted by Crippen LogP contribution is 2.25. The largest absolute Gasteiger partial charge is 0.476 e. The molecule has 0 bridgehead atoms. The van der Waals surface area contributed by atoms with Gasteiger partial charge < -0.3 is 9.52 Å². The number of oxazole rings is 1. The molecule has 0 radical (unpaired) electrons. The van der Waals surface area contributed by atoms with Gasteiger partial charge in [-0.25, -0.2) is 14.5 Å². The van der Waals surface area contributed by atoms with Crippen molar-refractivity contribution in [2.75, 3.05) is 0 Å². The van der Waals surface area contributed by atoms with E-state index in [1.807, 2.05) is 20.8 Å². The van der Waals surface area contributed by atoms with Gasteiger partial charge in [0.2, 0.25) is 0 Å². The highest BCUT2D eigenvalue weighted by atomic mass is 16.4. The number of hydrogen-bond donors (Lipinski definition) is 1.